The lowest BCUT2D eigenvalue weighted by Crippen LogP contribution is -2.36. The van der Waals surface area contributed by atoms with Gasteiger partial charge in [-0.25, -0.2) is 9.78 Å². The third-order valence-corrected chi connectivity index (χ3v) is 5.27. The van der Waals surface area contributed by atoms with Gasteiger partial charge in [-0.2, -0.15) is 0 Å². The predicted octanol–water partition coefficient (Wildman–Crippen LogP) is 2.85. The molecular formula is C18H18BrN3O3. The number of halogens is 1. The van der Waals surface area contributed by atoms with Crippen LogP contribution in [0.4, 0.5) is 0 Å². The van der Waals surface area contributed by atoms with Gasteiger partial charge in [0.25, 0.3) is 5.91 Å². The van der Waals surface area contributed by atoms with E-state index in [2.05, 4.69) is 25.5 Å². The molecule has 0 fully saturated rings. The molecule has 3 heterocycles. The van der Waals surface area contributed by atoms with E-state index in [0.717, 1.165) is 35.1 Å². The fourth-order valence-corrected chi connectivity index (χ4v) is 4.01. The summed E-state index contributed by atoms with van der Waals surface area (Å²) >= 11 is 3.40. The number of carbonyl (C=O) groups is 2. The van der Waals surface area contributed by atoms with Gasteiger partial charge < -0.3 is 14.2 Å². The Bertz CT molecular complexity index is 861. The molecular weight excluding hydrogens is 386 g/mol. The number of carbonyl (C=O) groups excluding carboxylic acids is 2. The van der Waals surface area contributed by atoms with Crippen LogP contribution < -0.4 is 0 Å². The number of aromatic nitrogens is 2. The number of rotatable bonds is 4. The maximum atomic E-state index is 13.0. The first-order valence-electron chi connectivity index (χ1n) is 8.40. The highest BCUT2D eigenvalue weighted by molar-refractivity contribution is 9.10. The number of hydrogen-bond donors (Lipinski definition) is 0. The number of aryl methyl sites for hydroxylation is 1. The van der Waals surface area contributed by atoms with Crippen LogP contribution in [0.3, 0.4) is 0 Å². The monoisotopic (exact) mass is 403 g/mol. The zero-order valence-electron chi connectivity index (χ0n) is 13.9. The van der Waals surface area contributed by atoms with E-state index in [4.69, 9.17) is 4.74 Å². The average Bonchev–Trinajstić information content (AvgIpc) is 3.26. The lowest BCUT2D eigenvalue weighted by molar-refractivity contribution is -0.149. The molecule has 1 atom stereocenters. The topological polar surface area (TPSA) is 64.4 Å². The van der Waals surface area contributed by atoms with Crippen molar-refractivity contribution < 1.29 is 14.3 Å². The van der Waals surface area contributed by atoms with Crippen molar-refractivity contribution in [2.24, 2.45) is 0 Å². The van der Waals surface area contributed by atoms with Crippen LogP contribution in [0.5, 0.6) is 0 Å². The van der Waals surface area contributed by atoms with Gasteiger partial charge in [-0.15, -0.1) is 0 Å². The van der Waals surface area contributed by atoms with Gasteiger partial charge >= 0.3 is 5.97 Å². The minimum Gasteiger partial charge on any atom is -0.464 e. The van der Waals surface area contributed by atoms with Gasteiger partial charge in [-0.1, -0.05) is 22.0 Å². The van der Waals surface area contributed by atoms with E-state index in [-0.39, 0.29) is 12.5 Å². The second-order valence-corrected chi connectivity index (χ2v) is 7.18. The fraction of sp³-hybridized carbons (Fsp3) is 0.389. The van der Waals surface area contributed by atoms with Crippen LogP contribution in [0, 0.1) is 0 Å². The first-order valence-corrected chi connectivity index (χ1v) is 9.19. The molecule has 1 aromatic heterocycles. The number of fused-ring (bicyclic) bond motifs is 2. The van der Waals surface area contributed by atoms with E-state index in [1.165, 1.54) is 0 Å². The molecule has 1 amide bonds. The molecule has 2 aromatic rings. The van der Waals surface area contributed by atoms with Gasteiger partial charge in [0.15, 0.2) is 6.04 Å². The Morgan fingerprint density at radius 1 is 1.44 bits per heavy atom. The van der Waals surface area contributed by atoms with Crippen LogP contribution in [0.25, 0.3) is 0 Å². The molecule has 0 aliphatic carbocycles. The molecule has 2 aliphatic heterocycles. The molecule has 0 spiro atoms. The number of hydrogen-bond acceptors (Lipinski definition) is 4. The summed E-state index contributed by atoms with van der Waals surface area (Å²) in [6.45, 7) is 3.33. The first-order chi connectivity index (χ1) is 12.1. The predicted molar refractivity (Wildman–Crippen MR) is 93.9 cm³/mol. The molecule has 0 radical (unpaired) electrons. The molecule has 4 rings (SSSR count). The van der Waals surface area contributed by atoms with E-state index >= 15 is 0 Å². The van der Waals surface area contributed by atoms with Crippen molar-refractivity contribution in [2.45, 2.75) is 38.9 Å². The number of amides is 1. The highest BCUT2D eigenvalue weighted by atomic mass is 79.9. The number of ether oxygens (including phenoxy) is 1. The largest absolute Gasteiger partial charge is 0.464 e. The number of esters is 1. The molecule has 1 unspecified atom stereocenters. The van der Waals surface area contributed by atoms with Gasteiger partial charge in [0, 0.05) is 28.8 Å². The third-order valence-electron chi connectivity index (χ3n) is 4.78. The molecule has 6 nitrogen and oxygen atoms in total. The van der Waals surface area contributed by atoms with E-state index < -0.39 is 12.0 Å². The van der Waals surface area contributed by atoms with E-state index in [0.29, 0.717) is 17.8 Å². The van der Waals surface area contributed by atoms with Crippen molar-refractivity contribution in [3.05, 3.63) is 51.5 Å². The maximum Gasteiger partial charge on any atom is 0.335 e. The summed E-state index contributed by atoms with van der Waals surface area (Å²) in [5.74, 6) is -0.578. The highest BCUT2D eigenvalue weighted by Crippen LogP contribution is 2.35. The zero-order valence-corrected chi connectivity index (χ0v) is 15.5. The Labute approximate surface area is 153 Å². The SMILES string of the molecule is CCOC(=O)C(c1ncn2c1CCC2)N1Cc2ccc(Br)cc2C1=O. The van der Waals surface area contributed by atoms with Crippen molar-refractivity contribution in [1.29, 1.82) is 0 Å². The molecule has 130 valence electrons. The smallest absolute Gasteiger partial charge is 0.335 e. The normalized spacial score (nSPS) is 16.7. The second kappa shape index (κ2) is 6.29. The van der Waals surface area contributed by atoms with Gasteiger partial charge in [-0.05, 0) is 37.5 Å². The van der Waals surface area contributed by atoms with Crippen molar-refractivity contribution in [1.82, 2.24) is 14.5 Å². The van der Waals surface area contributed by atoms with Crippen molar-refractivity contribution >= 4 is 27.8 Å². The molecule has 0 saturated heterocycles. The molecule has 25 heavy (non-hydrogen) atoms. The van der Waals surface area contributed by atoms with Crippen LogP contribution in [0.2, 0.25) is 0 Å². The fourth-order valence-electron chi connectivity index (χ4n) is 3.64. The molecule has 2 aliphatic rings. The lowest BCUT2D eigenvalue weighted by atomic mass is 10.1. The number of nitrogens with zero attached hydrogens (tertiary/aromatic N) is 3. The van der Waals surface area contributed by atoms with Crippen molar-refractivity contribution in [3.8, 4) is 0 Å². The Balaban J connectivity index is 1.75. The Kier molecular flexibility index (Phi) is 4.11. The van der Waals surface area contributed by atoms with E-state index in [1.807, 2.05) is 12.1 Å². The quantitative estimate of drug-likeness (QED) is 0.736. The zero-order chi connectivity index (χ0) is 17.6. The van der Waals surface area contributed by atoms with Crippen LogP contribution in [0.1, 0.15) is 46.7 Å². The Morgan fingerprint density at radius 2 is 2.28 bits per heavy atom. The number of imidazole rings is 1. The Morgan fingerprint density at radius 3 is 3.08 bits per heavy atom. The summed E-state index contributed by atoms with van der Waals surface area (Å²) in [7, 11) is 0. The summed E-state index contributed by atoms with van der Waals surface area (Å²) in [4.78, 5) is 31.7. The van der Waals surface area contributed by atoms with Crippen LogP contribution >= 0.6 is 15.9 Å². The van der Waals surface area contributed by atoms with Crippen molar-refractivity contribution in [3.63, 3.8) is 0 Å². The lowest BCUT2D eigenvalue weighted by Gasteiger charge is -2.25. The van der Waals surface area contributed by atoms with Gasteiger partial charge in [0.2, 0.25) is 0 Å². The van der Waals surface area contributed by atoms with Crippen LogP contribution in [-0.2, 0) is 29.0 Å². The maximum absolute atomic E-state index is 13.0. The van der Waals surface area contributed by atoms with Crippen molar-refractivity contribution in [2.75, 3.05) is 6.61 Å². The van der Waals surface area contributed by atoms with Crippen LogP contribution in [0.15, 0.2) is 29.0 Å². The molecule has 1 aromatic carbocycles. The van der Waals surface area contributed by atoms with E-state index in [9.17, 15) is 9.59 Å². The van der Waals surface area contributed by atoms with E-state index in [1.54, 1.807) is 24.2 Å². The first kappa shape index (κ1) is 16.3. The summed E-state index contributed by atoms with van der Waals surface area (Å²) in [5.41, 5.74) is 3.22. The third kappa shape index (κ3) is 2.66. The van der Waals surface area contributed by atoms with Gasteiger partial charge in [0.05, 0.1) is 18.6 Å². The average molecular weight is 404 g/mol. The number of benzene rings is 1. The molecule has 0 saturated carbocycles. The summed E-state index contributed by atoms with van der Waals surface area (Å²) in [6, 6.07) is 4.82. The summed E-state index contributed by atoms with van der Waals surface area (Å²) < 4.78 is 8.19. The highest BCUT2D eigenvalue weighted by Gasteiger charge is 2.41. The Hall–Kier alpha value is -2.15. The van der Waals surface area contributed by atoms with Gasteiger partial charge in [-0.3, -0.25) is 4.79 Å². The second-order valence-electron chi connectivity index (χ2n) is 6.26. The molecule has 7 heteroatoms. The minimum atomic E-state index is -0.798. The van der Waals surface area contributed by atoms with Gasteiger partial charge in [0.1, 0.15) is 0 Å². The standard InChI is InChI=1S/C18H18BrN3O3/c1-2-25-18(24)16(15-14-4-3-7-21(14)10-20-15)22-9-11-5-6-12(19)8-13(11)17(22)23/h5-6,8,10,16H,2-4,7,9H2,1H3. The molecule has 0 N–H and O–H groups in total. The molecule has 0 bridgehead atoms. The summed E-state index contributed by atoms with van der Waals surface area (Å²) in [6.07, 6.45) is 3.65. The van der Waals surface area contributed by atoms with Crippen LogP contribution in [-0.4, -0.2) is 32.9 Å². The minimum absolute atomic E-state index is 0.158. The summed E-state index contributed by atoms with van der Waals surface area (Å²) in [5, 5.41) is 0.